The Labute approximate surface area is 214 Å². The predicted molar refractivity (Wildman–Crippen MR) is 143 cm³/mol. The van der Waals surface area contributed by atoms with Gasteiger partial charge in [-0.15, -0.1) is 0 Å². The summed E-state index contributed by atoms with van der Waals surface area (Å²) in [5.74, 6) is -1.41. The summed E-state index contributed by atoms with van der Waals surface area (Å²) < 4.78 is 0. The number of barbiturate groups is 1. The summed E-state index contributed by atoms with van der Waals surface area (Å²) in [5, 5.41) is 4.68. The van der Waals surface area contributed by atoms with Crippen LogP contribution in [0.4, 0.5) is 10.5 Å². The van der Waals surface area contributed by atoms with Gasteiger partial charge in [0, 0.05) is 5.02 Å². The molecule has 0 spiro atoms. The minimum atomic E-state index is -0.794. The molecule has 0 aromatic heterocycles. The average molecular weight is 495 g/mol. The second-order valence-electron chi connectivity index (χ2n) is 8.97. The van der Waals surface area contributed by atoms with E-state index in [9.17, 15) is 14.4 Å². The van der Waals surface area contributed by atoms with Crippen molar-refractivity contribution < 1.29 is 14.4 Å². The zero-order valence-corrected chi connectivity index (χ0v) is 20.6. The molecule has 1 N–H and O–H groups in total. The van der Waals surface area contributed by atoms with E-state index in [4.69, 9.17) is 11.6 Å². The fourth-order valence-corrected chi connectivity index (χ4v) is 4.81. The first-order valence-corrected chi connectivity index (χ1v) is 11.9. The lowest BCUT2D eigenvalue weighted by atomic mass is 9.91. The number of hydrogen-bond donors (Lipinski definition) is 1. The van der Waals surface area contributed by atoms with E-state index in [0.29, 0.717) is 17.1 Å². The van der Waals surface area contributed by atoms with Gasteiger partial charge in [0.2, 0.25) is 0 Å². The molecule has 0 atom stereocenters. The van der Waals surface area contributed by atoms with Crippen molar-refractivity contribution in [2.45, 2.75) is 20.3 Å². The van der Waals surface area contributed by atoms with E-state index in [1.165, 1.54) is 11.1 Å². The number of carbonyl (C=O) groups excluding carboxylic acids is 3. The van der Waals surface area contributed by atoms with E-state index in [1.807, 2.05) is 36.4 Å². The highest BCUT2D eigenvalue weighted by atomic mass is 35.5. The van der Waals surface area contributed by atoms with Gasteiger partial charge in [-0.2, -0.15) is 0 Å². The third-order valence-electron chi connectivity index (χ3n) is 6.21. The number of nitrogens with one attached hydrogen (secondary N) is 1. The van der Waals surface area contributed by atoms with E-state index in [0.717, 1.165) is 32.4 Å². The highest BCUT2D eigenvalue weighted by Crippen LogP contribution is 2.30. The molecule has 1 fully saturated rings. The van der Waals surface area contributed by atoms with Crippen LogP contribution in [0.3, 0.4) is 0 Å². The standard InChI is InChI=1S/C30H23ClN2O3/c1-18-13-19(2)15-20(14-18)16-22-8-7-21-5-3-4-6-25(21)26(22)17-27-28(34)32-30(36)33(29(27)35)24-11-9-23(31)10-12-24/h3-15,17H,16H2,1-2H3,(H,32,34,36)/b27-17+. The first-order chi connectivity index (χ1) is 17.3. The molecule has 0 saturated carbocycles. The number of benzene rings is 4. The summed E-state index contributed by atoms with van der Waals surface area (Å²) in [6.07, 6.45) is 2.23. The molecule has 1 heterocycles. The van der Waals surface area contributed by atoms with Gasteiger partial charge in [0.05, 0.1) is 5.69 Å². The van der Waals surface area contributed by atoms with E-state index in [2.05, 4.69) is 37.4 Å². The summed E-state index contributed by atoms with van der Waals surface area (Å²) in [4.78, 5) is 39.9. The summed E-state index contributed by atoms with van der Waals surface area (Å²) >= 11 is 5.97. The lowest BCUT2D eigenvalue weighted by Gasteiger charge is -2.26. The predicted octanol–water partition coefficient (Wildman–Crippen LogP) is 6.37. The minimum absolute atomic E-state index is 0.109. The summed E-state index contributed by atoms with van der Waals surface area (Å²) in [5.41, 5.74) is 5.45. The molecule has 36 heavy (non-hydrogen) atoms. The molecule has 0 bridgehead atoms. The fraction of sp³-hybridized carbons (Fsp3) is 0.100. The van der Waals surface area contributed by atoms with Gasteiger partial charge in [-0.05, 0) is 78.1 Å². The number of aryl methyl sites for hydroxylation is 2. The van der Waals surface area contributed by atoms with Crippen LogP contribution in [0.1, 0.15) is 27.8 Å². The molecule has 178 valence electrons. The third-order valence-corrected chi connectivity index (χ3v) is 6.46. The lowest BCUT2D eigenvalue weighted by molar-refractivity contribution is -0.122. The Hall–Kier alpha value is -4.22. The Balaban J connectivity index is 1.64. The first-order valence-electron chi connectivity index (χ1n) is 11.5. The van der Waals surface area contributed by atoms with E-state index in [1.54, 1.807) is 30.3 Å². The largest absolute Gasteiger partial charge is 0.335 e. The van der Waals surface area contributed by atoms with Gasteiger partial charge in [0.25, 0.3) is 11.8 Å². The van der Waals surface area contributed by atoms with Crippen LogP contribution in [-0.4, -0.2) is 17.8 Å². The van der Waals surface area contributed by atoms with E-state index in [-0.39, 0.29) is 5.57 Å². The average Bonchev–Trinajstić information content (AvgIpc) is 2.83. The van der Waals surface area contributed by atoms with Crippen molar-refractivity contribution in [1.82, 2.24) is 5.32 Å². The van der Waals surface area contributed by atoms with E-state index < -0.39 is 17.8 Å². The van der Waals surface area contributed by atoms with Gasteiger partial charge in [-0.3, -0.25) is 14.9 Å². The Kier molecular flexibility index (Phi) is 6.17. The maximum absolute atomic E-state index is 13.5. The molecule has 0 radical (unpaired) electrons. The van der Waals surface area contributed by atoms with Crippen LogP contribution in [0, 0.1) is 13.8 Å². The smallest absolute Gasteiger partial charge is 0.273 e. The summed E-state index contributed by atoms with van der Waals surface area (Å²) in [6.45, 7) is 4.13. The number of amides is 4. The molecule has 5 rings (SSSR count). The number of halogens is 1. The van der Waals surface area contributed by atoms with Crippen molar-refractivity contribution in [2.24, 2.45) is 0 Å². The fourth-order valence-electron chi connectivity index (χ4n) is 4.68. The van der Waals surface area contributed by atoms with Gasteiger partial charge in [0.15, 0.2) is 0 Å². The lowest BCUT2D eigenvalue weighted by Crippen LogP contribution is -2.54. The number of imide groups is 2. The quantitative estimate of drug-likeness (QED) is 0.265. The molecule has 4 aromatic rings. The van der Waals surface area contributed by atoms with Crippen molar-refractivity contribution >= 4 is 52.0 Å². The van der Waals surface area contributed by atoms with Gasteiger partial charge in [-0.25, -0.2) is 9.69 Å². The normalized spacial score (nSPS) is 15.0. The van der Waals surface area contributed by atoms with Crippen molar-refractivity contribution in [3.63, 3.8) is 0 Å². The van der Waals surface area contributed by atoms with Gasteiger partial charge in [0.1, 0.15) is 5.57 Å². The minimum Gasteiger partial charge on any atom is -0.273 e. The molecule has 5 nitrogen and oxygen atoms in total. The maximum atomic E-state index is 13.5. The zero-order chi connectivity index (χ0) is 25.4. The summed E-state index contributed by atoms with van der Waals surface area (Å²) in [7, 11) is 0. The number of carbonyl (C=O) groups is 3. The molecular formula is C30H23ClN2O3. The van der Waals surface area contributed by atoms with Crippen LogP contribution < -0.4 is 10.2 Å². The number of fused-ring (bicyclic) bond motifs is 1. The molecule has 4 amide bonds. The van der Waals surface area contributed by atoms with Crippen molar-refractivity contribution in [3.05, 3.63) is 117 Å². The van der Waals surface area contributed by atoms with E-state index >= 15 is 0 Å². The number of nitrogens with zero attached hydrogens (tertiary/aromatic N) is 1. The Morgan fingerprint density at radius 2 is 1.56 bits per heavy atom. The number of anilines is 1. The highest BCUT2D eigenvalue weighted by molar-refractivity contribution is 6.39. The number of urea groups is 1. The Morgan fingerprint density at radius 1 is 0.861 bits per heavy atom. The van der Waals surface area contributed by atoms with Crippen molar-refractivity contribution in [1.29, 1.82) is 0 Å². The van der Waals surface area contributed by atoms with Crippen LogP contribution in [0.25, 0.3) is 16.8 Å². The molecule has 1 aliphatic heterocycles. The van der Waals surface area contributed by atoms with Crippen molar-refractivity contribution in [3.8, 4) is 0 Å². The molecule has 1 aliphatic rings. The van der Waals surface area contributed by atoms with Crippen LogP contribution in [-0.2, 0) is 16.0 Å². The van der Waals surface area contributed by atoms with Crippen LogP contribution in [0.5, 0.6) is 0 Å². The Morgan fingerprint density at radius 3 is 2.28 bits per heavy atom. The van der Waals surface area contributed by atoms with Crippen LogP contribution >= 0.6 is 11.6 Å². The van der Waals surface area contributed by atoms with Gasteiger partial charge >= 0.3 is 6.03 Å². The van der Waals surface area contributed by atoms with Gasteiger partial charge in [-0.1, -0.05) is 77.3 Å². The topological polar surface area (TPSA) is 66.5 Å². The second-order valence-corrected chi connectivity index (χ2v) is 9.40. The molecule has 6 heteroatoms. The Bertz CT molecular complexity index is 1550. The van der Waals surface area contributed by atoms with Gasteiger partial charge < -0.3 is 0 Å². The third kappa shape index (κ3) is 4.53. The number of hydrogen-bond acceptors (Lipinski definition) is 3. The second kappa shape index (κ2) is 9.44. The van der Waals surface area contributed by atoms with Crippen LogP contribution in [0.2, 0.25) is 5.02 Å². The zero-order valence-electron chi connectivity index (χ0n) is 19.8. The molecule has 4 aromatic carbocycles. The van der Waals surface area contributed by atoms with Crippen LogP contribution in [0.15, 0.2) is 84.4 Å². The SMILES string of the molecule is Cc1cc(C)cc(Cc2ccc3ccccc3c2/C=C2\C(=O)NC(=O)N(c3ccc(Cl)cc3)C2=O)c1. The molecule has 1 saturated heterocycles. The number of rotatable bonds is 4. The molecule has 0 aliphatic carbocycles. The summed E-state index contributed by atoms with van der Waals surface area (Å²) in [6, 6.07) is 23.8. The molecular weight excluding hydrogens is 472 g/mol. The highest BCUT2D eigenvalue weighted by Gasteiger charge is 2.37. The van der Waals surface area contributed by atoms with Crippen molar-refractivity contribution in [2.75, 3.05) is 4.90 Å². The monoisotopic (exact) mass is 494 g/mol. The maximum Gasteiger partial charge on any atom is 0.335 e. The molecule has 0 unspecified atom stereocenters. The first kappa shape index (κ1) is 23.5.